The van der Waals surface area contributed by atoms with E-state index in [2.05, 4.69) is 38.9 Å². The Morgan fingerprint density at radius 2 is 1.78 bits per heavy atom. The summed E-state index contributed by atoms with van der Waals surface area (Å²) in [6.45, 7) is 0.377. The minimum absolute atomic E-state index is 0.0604. The van der Waals surface area contributed by atoms with Gasteiger partial charge in [-0.2, -0.15) is 10.2 Å². The first-order valence-corrected chi connectivity index (χ1v) is 11.4. The molecule has 9 nitrogen and oxygen atoms in total. The Hall–Kier alpha value is -5.31. The van der Waals surface area contributed by atoms with E-state index in [0.29, 0.717) is 23.6 Å². The lowest BCUT2D eigenvalue weighted by molar-refractivity contribution is -0.384. The molecule has 0 atom stereocenters. The number of nitrogens with one attached hydrogen (secondary N) is 2. The van der Waals surface area contributed by atoms with Crippen molar-refractivity contribution in [1.82, 2.24) is 15.6 Å². The second kappa shape index (κ2) is 10.5. The maximum atomic E-state index is 12.5. The Balaban J connectivity index is 1.28. The van der Waals surface area contributed by atoms with Crippen molar-refractivity contribution in [3.63, 3.8) is 0 Å². The SMILES string of the molecule is O=C(NN=Cc1cccc([N+](=O)[O-])c1)c1cc(-c2ccccc2OCc2cccc3ccccc23)n[nH]1. The van der Waals surface area contributed by atoms with Crippen LogP contribution in [0.3, 0.4) is 0 Å². The lowest BCUT2D eigenvalue weighted by Gasteiger charge is -2.12. The molecule has 37 heavy (non-hydrogen) atoms. The molecule has 5 rings (SSSR count). The number of fused-ring (bicyclic) bond motifs is 1. The molecule has 1 aromatic heterocycles. The monoisotopic (exact) mass is 491 g/mol. The number of para-hydroxylation sites is 1. The molecule has 0 spiro atoms. The Labute approximate surface area is 211 Å². The number of non-ortho nitro benzene ring substituents is 1. The zero-order valence-electron chi connectivity index (χ0n) is 19.5. The fourth-order valence-electron chi connectivity index (χ4n) is 3.90. The van der Waals surface area contributed by atoms with E-state index in [0.717, 1.165) is 21.9 Å². The van der Waals surface area contributed by atoms with Crippen LogP contribution in [0.15, 0.2) is 102 Å². The summed E-state index contributed by atoms with van der Waals surface area (Å²) in [6, 6.07) is 29.3. The smallest absolute Gasteiger partial charge is 0.289 e. The number of carbonyl (C=O) groups excluding carboxylic acids is 1. The zero-order chi connectivity index (χ0) is 25.6. The summed E-state index contributed by atoms with van der Waals surface area (Å²) in [6.07, 6.45) is 1.33. The van der Waals surface area contributed by atoms with Crippen LogP contribution in [0, 0.1) is 10.1 Å². The van der Waals surface area contributed by atoms with Crippen LogP contribution >= 0.6 is 0 Å². The van der Waals surface area contributed by atoms with Gasteiger partial charge in [-0.05, 0) is 34.5 Å². The van der Waals surface area contributed by atoms with Crippen LogP contribution in [0.25, 0.3) is 22.0 Å². The number of nitro benzene ring substituents is 1. The molecule has 1 amide bonds. The number of aromatic amines is 1. The minimum atomic E-state index is -0.505. The molecular formula is C28H21N5O4. The van der Waals surface area contributed by atoms with Crippen molar-refractivity contribution in [2.75, 3.05) is 0 Å². The van der Waals surface area contributed by atoms with Crippen LogP contribution in [0.2, 0.25) is 0 Å². The molecular weight excluding hydrogens is 470 g/mol. The number of benzene rings is 4. The highest BCUT2D eigenvalue weighted by Crippen LogP contribution is 2.30. The molecule has 0 fully saturated rings. The summed E-state index contributed by atoms with van der Waals surface area (Å²) in [5, 5.41) is 24.1. The van der Waals surface area contributed by atoms with E-state index in [-0.39, 0.29) is 11.4 Å². The molecule has 4 aromatic carbocycles. The van der Waals surface area contributed by atoms with Gasteiger partial charge in [0, 0.05) is 23.3 Å². The highest BCUT2D eigenvalue weighted by Gasteiger charge is 2.14. The van der Waals surface area contributed by atoms with Crippen molar-refractivity contribution in [2.45, 2.75) is 6.61 Å². The highest BCUT2D eigenvalue weighted by atomic mass is 16.6. The summed E-state index contributed by atoms with van der Waals surface area (Å²) < 4.78 is 6.17. The van der Waals surface area contributed by atoms with E-state index < -0.39 is 10.8 Å². The van der Waals surface area contributed by atoms with Crippen LogP contribution in [0.1, 0.15) is 21.6 Å². The summed E-state index contributed by atoms with van der Waals surface area (Å²) in [4.78, 5) is 22.9. The molecule has 0 aliphatic carbocycles. The lowest BCUT2D eigenvalue weighted by Crippen LogP contribution is -2.18. The molecule has 0 aliphatic rings. The molecule has 0 saturated heterocycles. The molecule has 5 aromatic rings. The molecule has 0 saturated carbocycles. The third-order valence-corrected chi connectivity index (χ3v) is 5.71. The largest absolute Gasteiger partial charge is 0.488 e. The van der Waals surface area contributed by atoms with Gasteiger partial charge in [0.25, 0.3) is 11.6 Å². The third kappa shape index (κ3) is 5.35. The number of hydrazone groups is 1. The van der Waals surface area contributed by atoms with Gasteiger partial charge in [0.1, 0.15) is 18.1 Å². The summed E-state index contributed by atoms with van der Waals surface area (Å²) in [5.74, 6) is 0.132. The molecule has 0 bridgehead atoms. The predicted octanol–water partition coefficient (Wildman–Crippen LogP) is 5.48. The molecule has 1 heterocycles. The average Bonchev–Trinajstić information content (AvgIpc) is 3.42. The maximum absolute atomic E-state index is 12.5. The number of rotatable bonds is 8. The number of hydrogen-bond acceptors (Lipinski definition) is 6. The van der Waals surface area contributed by atoms with Gasteiger partial charge in [-0.1, -0.05) is 66.7 Å². The van der Waals surface area contributed by atoms with Crippen LogP contribution < -0.4 is 10.2 Å². The van der Waals surface area contributed by atoms with E-state index in [1.54, 1.807) is 18.2 Å². The maximum Gasteiger partial charge on any atom is 0.289 e. The van der Waals surface area contributed by atoms with Crippen molar-refractivity contribution in [3.05, 3.63) is 124 Å². The first-order valence-electron chi connectivity index (χ1n) is 11.4. The molecule has 182 valence electrons. The van der Waals surface area contributed by atoms with E-state index in [9.17, 15) is 14.9 Å². The minimum Gasteiger partial charge on any atom is -0.488 e. The number of H-pyrrole nitrogens is 1. The Morgan fingerprint density at radius 1 is 1.00 bits per heavy atom. The van der Waals surface area contributed by atoms with E-state index in [4.69, 9.17) is 4.74 Å². The second-order valence-corrected chi connectivity index (χ2v) is 8.14. The number of carbonyl (C=O) groups is 1. The summed E-state index contributed by atoms with van der Waals surface area (Å²) >= 11 is 0. The molecule has 0 aliphatic heterocycles. The molecule has 2 N–H and O–H groups in total. The van der Waals surface area contributed by atoms with Crippen LogP contribution in [0.5, 0.6) is 5.75 Å². The van der Waals surface area contributed by atoms with Gasteiger partial charge in [0.05, 0.1) is 16.8 Å². The van der Waals surface area contributed by atoms with Gasteiger partial charge in [-0.15, -0.1) is 0 Å². The second-order valence-electron chi connectivity index (χ2n) is 8.14. The number of ether oxygens (including phenoxy) is 1. The Kier molecular flexibility index (Phi) is 6.67. The van der Waals surface area contributed by atoms with Crippen LogP contribution in [0.4, 0.5) is 5.69 Å². The fourth-order valence-corrected chi connectivity index (χ4v) is 3.90. The first-order chi connectivity index (χ1) is 18.1. The lowest BCUT2D eigenvalue weighted by atomic mass is 10.1. The number of aromatic nitrogens is 2. The molecule has 0 unspecified atom stereocenters. The van der Waals surface area contributed by atoms with E-state index in [1.807, 2.05) is 48.5 Å². The fraction of sp³-hybridized carbons (Fsp3) is 0.0357. The Morgan fingerprint density at radius 3 is 2.68 bits per heavy atom. The normalized spacial score (nSPS) is 11.0. The predicted molar refractivity (Wildman–Crippen MR) is 140 cm³/mol. The summed E-state index contributed by atoms with van der Waals surface area (Å²) in [7, 11) is 0. The van der Waals surface area contributed by atoms with Gasteiger partial charge in [0.15, 0.2) is 0 Å². The third-order valence-electron chi connectivity index (χ3n) is 5.71. The van der Waals surface area contributed by atoms with Gasteiger partial charge < -0.3 is 4.74 Å². The number of nitrogens with zero attached hydrogens (tertiary/aromatic N) is 3. The van der Waals surface area contributed by atoms with Gasteiger partial charge in [-0.25, -0.2) is 5.43 Å². The van der Waals surface area contributed by atoms with E-state index in [1.165, 1.54) is 18.3 Å². The van der Waals surface area contributed by atoms with Crippen molar-refractivity contribution in [3.8, 4) is 17.0 Å². The topological polar surface area (TPSA) is 123 Å². The van der Waals surface area contributed by atoms with Crippen molar-refractivity contribution < 1.29 is 14.5 Å². The Bertz CT molecular complexity index is 1620. The van der Waals surface area contributed by atoms with Gasteiger partial charge >= 0.3 is 0 Å². The van der Waals surface area contributed by atoms with E-state index >= 15 is 0 Å². The van der Waals surface area contributed by atoms with Crippen LogP contribution in [-0.2, 0) is 6.61 Å². The number of amides is 1. The zero-order valence-corrected chi connectivity index (χ0v) is 19.5. The standard InChI is InChI=1S/C28H21N5O4/c34-28(32-29-17-19-7-5-11-22(15-19)33(35)36)26-16-25(30-31-26)24-13-3-4-14-27(24)37-18-21-10-6-9-20-8-1-2-12-23(20)21/h1-17H,18H2,(H,30,31)(H,32,34). The summed E-state index contributed by atoms with van der Waals surface area (Å²) in [5.41, 5.74) is 5.37. The quantitative estimate of drug-likeness (QED) is 0.169. The molecule has 0 radical (unpaired) electrons. The molecule has 9 heteroatoms. The highest BCUT2D eigenvalue weighted by molar-refractivity contribution is 5.94. The number of hydrogen-bond donors (Lipinski definition) is 2. The van der Waals surface area contributed by atoms with Crippen LogP contribution in [-0.4, -0.2) is 27.2 Å². The van der Waals surface area contributed by atoms with Crippen molar-refractivity contribution in [2.24, 2.45) is 5.10 Å². The van der Waals surface area contributed by atoms with Gasteiger partial charge in [-0.3, -0.25) is 20.0 Å². The first kappa shape index (κ1) is 23.4. The van der Waals surface area contributed by atoms with Gasteiger partial charge in [0.2, 0.25) is 0 Å². The average molecular weight is 492 g/mol. The van der Waals surface area contributed by atoms with Crippen molar-refractivity contribution >= 4 is 28.6 Å². The van der Waals surface area contributed by atoms with Crippen molar-refractivity contribution in [1.29, 1.82) is 0 Å². The number of nitro groups is 1.